The maximum Gasteiger partial charge on any atom is 0.254 e. The molecule has 9 N–H and O–H groups in total. The van der Waals surface area contributed by atoms with Gasteiger partial charge in [0.1, 0.15) is 23.7 Å². The van der Waals surface area contributed by atoms with E-state index in [4.69, 9.17) is 27.7 Å². The van der Waals surface area contributed by atoms with Crippen LogP contribution in [0.4, 0.5) is 17.2 Å². The lowest BCUT2D eigenvalue weighted by molar-refractivity contribution is -0.0980. The number of primary amides is 1. The third-order valence-corrected chi connectivity index (χ3v) is 6.51. The van der Waals surface area contributed by atoms with Crippen molar-refractivity contribution in [2.24, 2.45) is 22.0 Å². The number of rotatable bonds is 6. The van der Waals surface area contributed by atoms with Crippen LogP contribution in [0.2, 0.25) is 0 Å². The van der Waals surface area contributed by atoms with Gasteiger partial charge in [-0.1, -0.05) is 50.6 Å². The molecule has 0 atom stereocenters. The molecule has 2 aromatic heterocycles. The average Bonchev–Trinajstić information content (AvgIpc) is 3.26. The van der Waals surface area contributed by atoms with Crippen LogP contribution in [0.1, 0.15) is 43.1 Å². The number of nitrogens with zero attached hydrogens (tertiary/aromatic N) is 4. The number of amides is 1. The lowest BCUT2D eigenvalue weighted by atomic mass is 9.88. The molecule has 5 aromatic rings. The molecule has 43 heavy (non-hydrogen) atoms. The zero-order valence-corrected chi connectivity index (χ0v) is 25.0. The fraction of sp³-hybridized carbons (Fsp3) is 0.219. The van der Waals surface area contributed by atoms with Gasteiger partial charge in [-0.15, -0.1) is 0 Å². The zero-order chi connectivity index (χ0) is 31.7. The predicted octanol–water partition coefficient (Wildman–Crippen LogP) is 4.81. The summed E-state index contributed by atoms with van der Waals surface area (Å²) >= 11 is 0. The van der Waals surface area contributed by atoms with Crippen molar-refractivity contribution in [3.8, 4) is 5.69 Å². The number of carbonyl (C=O) groups excluding carboxylic acids is 2. The van der Waals surface area contributed by atoms with E-state index < -0.39 is 5.91 Å². The molecular weight excluding hydrogens is 542 g/mol. The van der Waals surface area contributed by atoms with E-state index in [-0.39, 0.29) is 16.8 Å². The van der Waals surface area contributed by atoms with Gasteiger partial charge in [0.25, 0.3) is 5.91 Å². The third kappa shape index (κ3) is 7.72. The average molecular weight is 582 g/mol. The molecule has 0 bridgehead atoms. The van der Waals surface area contributed by atoms with Crippen LogP contribution < -0.4 is 28.4 Å². The maximum absolute atomic E-state index is 11.9. The SMILES string of the molecule is C=O.Cc1ccc(N/N=C(\CCN)C(C)(C)C)cc1.NC(=O)c1c(N)n(-c2ccc(N)cc2)c2nc3ccccc3nc12. The molecule has 2 heterocycles. The van der Waals surface area contributed by atoms with Crippen molar-refractivity contribution in [1.29, 1.82) is 0 Å². The Morgan fingerprint density at radius 3 is 2.05 bits per heavy atom. The Kier molecular flexibility index (Phi) is 10.5. The van der Waals surface area contributed by atoms with E-state index in [0.717, 1.165) is 23.5 Å². The minimum absolute atomic E-state index is 0.0526. The van der Waals surface area contributed by atoms with Crippen molar-refractivity contribution in [1.82, 2.24) is 14.5 Å². The van der Waals surface area contributed by atoms with E-state index in [1.54, 1.807) is 28.8 Å². The number of aryl methyl sites for hydroxylation is 1. The lowest BCUT2D eigenvalue weighted by Crippen LogP contribution is -2.24. The van der Waals surface area contributed by atoms with Crippen LogP contribution in [0.15, 0.2) is 77.9 Å². The number of hydrogen-bond donors (Lipinski definition) is 5. The summed E-state index contributed by atoms with van der Waals surface area (Å²) in [6.45, 7) is 11.2. The number of nitrogens with two attached hydrogens (primary N) is 4. The minimum atomic E-state index is -0.642. The Morgan fingerprint density at radius 1 is 0.930 bits per heavy atom. The van der Waals surface area contributed by atoms with Crippen LogP contribution in [0.5, 0.6) is 0 Å². The molecule has 0 saturated heterocycles. The number of nitrogens with one attached hydrogen (secondary N) is 1. The largest absolute Gasteiger partial charge is 0.399 e. The molecule has 3 aromatic carbocycles. The van der Waals surface area contributed by atoms with E-state index in [2.05, 4.69) is 60.3 Å². The number of fused-ring (bicyclic) bond motifs is 2. The number of hydrazone groups is 1. The first-order valence-corrected chi connectivity index (χ1v) is 13.6. The first-order valence-electron chi connectivity index (χ1n) is 13.6. The molecule has 0 radical (unpaired) electrons. The fourth-order valence-electron chi connectivity index (χ4n) is 4.28. The predicted molar refractivity (Wildman–Crippen MR) is 176 cm³/mol. The highest BCUT2D eigenvalue weighted by Crippen LogP contribution is 2.30. The van der Waals surface area contributed by atoms with Gasteiger partial charge in [-0.25, -0.2) is 9.97 Å². The smallest absolute Gasteiger partial charge is 0.254 e. The van der Waals surface area contributed by atoms with E-state index in [1.165, 1.54) is 5.56 Å². The van der Waals surface area contributed by atoms with Crippen LogP contribution in [-0.4, -0.2) is 39.5 Å². The summed E-state index contributed by atoms with van der Waals surface area (Å²) in [5.74, 6) is -0.436. The summed E-state index contributed by atoms with van der Waals surface area (Å²) in [4.78, 5) is 29.1. The number of anilines is 3. The van der Waals surface area contributed by atoms with E-state index in [0.29, 0.717) is 34.4 Å². The third-order valence-electron chi connectivity index (χ3n) is 6.51. The summed E-state index contributed by atoms with van der Waals surface area (Å²) in [5, 5.41) is 4.47. The second-order valence-electron chi connectivity index (χ2n) is 10.8. The Balaban J connectivity index is 0.000000236. The Bertz CT molecular complexity index is 1720. The normalized spacial score (nSPS) is 11.3. The zero-order valence-electron chi connectivity index (χ0n) is 25.0. The summed E-state index contributed by atoms with van der Waals surface area (Å²) in [6.07, 6.45) is 0.822. The van der Waals surface area contributed by atoms with Crippen LogP contribution in [0.3, 0.4) is 0 Å². The van der Waals surface area contributed by atoms with Gasteiger partial charge in [-0.2, -0.15) is 5.10 Å². The van der Waals surface area contributed by atoms with Gasteiger partial charge >= 0.3 is 0 Å². The van der Waals surface area contributed by atoms with Crippen molar-refractivity contribution in [2.45, 2.75) is 34.1 Å². The van der Waals surface area contributed by atoms with E-state index >= 15 is 0 Å². The molecule has 0 saturated carbocycles. The molecule has 0 aliphatic carbocycles. The van der Waals surface area contributed by atoms with Gasteiger partial charge in [0.2, 0.25) is 0 Å². The summed E-state index contributed by atoms with van der Waals surface area (Å²) in [7, 11) is 0. The van der Waals surface area contributed by atoms with E-state index in [9.17, 15) is 4.79 Å². The van der Waals surface area contributed by atoms with Gasteiger partial charge in [0.15, 0.2) is 5.65 Å². The second-order valence-corrected chi connectivity index (χ2v) is 10.8. The molecule has 0 spiro atoms. The summed E-state index contributed by atoms with van der Waals surface area (Å²) in [6, 6.07) is 22.7. The van der Waals surface area contributed by atoms with Crippen LogP contribution in [0, 0.1) is 12.3 Å². The van der Waals surface area contributed by atoms with Crippen molar-refractivity contribution in [3.63, 3.8) is 0 Å². The molecule has 11 heteroatoms. The maximum atomic E-state index is 11.9. The van der Waals surface area contributed by atoms with Crippen LogP contribution >= 0.6 is 0 Å². The first kappa shape index (κ1) is 32.2. The van der Waals surface area contributed by atoms with Crippen molar-refractivity contribution in [3.05, 3.63) is 83.9 Å². The molecule has 11 nitrogen and oxygen atoms in total. The van der Waals surface area contributed by atoms with Crippen LogP contribution in [0.25, 0.3) is 27.9 Å². The molecule has 0 unspecified atom stereocenters. The number of hydrogen-bond acceptors (Lipinski definition) is 9. The van der Waals surface area contributed by atoms with Crippen molar-refractivity contribution >= 4 is 57.8 Å². The molecule has 5 rings (SSSR count). The topological polar surface area (TPSA) is 193 Å². The van der Waals surface area contributed by atoms with Gasteiger partial charge in [-0.05, 0) is 62.0 Å². The highest BCUT2D eigenvalue weighted by molar-refractivity contribution is 6.10. The van der Waals surface area contributed by atoms with E-state index in [1.807, 2.05) is 43.2 Å². The van der Waals surface area contributed by atoms with Crippen LogP contribution in [-0.2, 0) is 4.79 Å². The van der Waals surface area contributed by atoms with Gasteiger partial charge in [-0.3, -0.25) is 14.8 Å². The minimum Gasteiger partial charge on any atom is -0.399 e. The molecule has 224 valence electrons. The Hall–Kier alpha value is -5.29. The number of para-hydroxylation sites is 2. The number of nitrogen functional groups attached to an aromatic ring is 2. The van der Waals surface area contributed by atoms with Gasteiger partial charge in [0, 0.05) is 28.9 Å². The molecule has 0 fully saturated rings. The van der Waals surface area contributed by atoms with Crippen molar-refractivity contribution < 1.29 is 9.59 Å². The molecule has 0 aliphatic heterocycles. The highest BCUT2D eigenvalue weighted by Gasteiger charge is 2.23. The van der Waals surface area contributed by atoms with Gasteiger partial charge < -0.3 is 27.7 Å². The number of aromatic nitrogens is 3. The standard InChI is InChI=1S/C17H14N6O.C14H23N3.CH2O/c18-9-5-7-10(8-6-9)23-15(19)13(16(20)24)14-17(23)22-12-4-2-1-3-11(12)21-14;1-11-5-7-12(8-6-11)16-17-13(9-10-15)14(2,3)4;1-2/h1-8H,18-19H2,(H2,20,24);5-8,16H,9-10,15H2,1-4H3;1H2/b;17-13+;. The number of carbonyl (C=O) groups is 2. The molecular formula is C32H39N9O2. The lowest BCUT2D eigenvalue weighted by Gasteiger charge is -2.21. The highest BCUT2D eigenvalue weighted by atomic mass is 16.1. The van der Waals surface area contributed by atoms with Gasteiger partial charge in [0.05, 0.1) is 16.7 Å². The summed E-state index contributed by atoms with van der Waals surface area (Å²) in [5.41, 5.74) is 33.3. The molecule has 0 aliphatic rings. The fourth-order valence-corrected chi connectivity index (χ4v) is 4.28. The Labute approximate surface area is 251 Å². The Morgan fingerprint density at radius 2 is 1.51 bits per heavy atom. The quantitative estimate of drug-likeness (QED) is 0.107. The molecule has 1 amide bonds. The second kappa shape index (κ2) is 14.1. The van der Waals surface area contributed by atoms with Crippen molar-refractivity contribution in [2.75, 3.05) is 23.4 Å². The summed E-state index contributed by atoms with van der Waals surface area (Å²) < 4.78 is 1.66. The first-order chi connectivity index (χ1) is 20.5. The monoisotopic (exact) mass is 581 g/mol. The number of benzene rings is 3.